The lowest BCUT2D eigenvalue weighted by Gasteiger charge is -2.11. The van der Waals surface area contributed by atoms with Gasteiger partial charge in [-0.15, -0.1) is 0 Å². The van der Waals surface area contributed by atoms with Gasteiger partial charge in [0.05, 0.1) is 6.54 Å². The van der Waals surface area contributed by atoms with Crippen molar-refractivity contribution in [2.75, 3.05) is 5.32 Å². The van der Waals surface area contributed by atoms with Gasteiger partial charge in [0, 0.05) is 13.6 Å². The molecule has 2 aromatic heterocycles. The fourth-order valence-corrected chi connectivity index (χ4v) is 3.40. The maximum absolute atomic E-state index is 12.6. The molecule has 0 aliphatic heterocycles. The number of hydrogen-bond donors (Lipinski definition) is 2. The lowest BCUT2D eigenvalue weighted by Crippen LogP contribution is -2.29. The summed E-state index contributed by atoms with van der Waals surface area (Å²) in [6.07, 6.45) is 0. The minimum atomic E-state index is -0.479. The Labute approximate surface area is 167 Å². The number of benzene rings is 2. The standard InChI is InChI=1S/C22H23N5O2/c1-14-7-9-16(10-8-14)12-23-21-24-19-18(20(28)25-22(29)26(19)3)27(21)13-17-6-4-5-15(2)11-17/h4-11H,12-13H2,1-3H3,(H,23,24)(H,25,28,29). The SMILES string of the molecule is Cc1ccc(CNc2nc3c(c(=O)[nH]c(=O)n3C)n2Cc2cccc(C)c2)cc1. The van der Waals surface area contributed by atoms with Gasteiger partial charge in [0.2, 0.25) is 5.95 Å². The van der Waals surface area contributed by atoms with Gasteiger partial charge in [-0.05, 0) is 25.0 Å². The lowest BCUT2D eigenvalue weighted by molar-refractivity contribution is 0.805. The highest BCUT2D eigenvalue weighted by Crippen LogP contribution is 2.19. The number of anilines is 1. The maximum Gasteiger partial charge on any atom is 0.329 e. The number of aryl methyl sites for hydroxylation is 3. The first-order chi connectivity index (χ1) is 13.9. The second-order valence-electron chi connectivity index (χ2n) is 7.34. The van der Waals surface area contributed by atoms with Gasteiger partial charge in [-0.2, -0.15) is 4.98 Å². The molecule has 0 fully saturated rings. The quantitative estimate of drug-likeness (QED) is 0.550. The van der Waals surface area contributed by atoms with Crippen LogP contribution in [0.15, 0.2) is 58.1 Å². The third kappa shape index (κ3) is 3.71. The number of H-pyrrole nitrogens is 1. The van der Waals surface area contributed by atoms with Crippen LogP contribution in [0.4, 0.5) is 5.95 Å². The smallest absolute Gasteiger partial charge is 0.329 e. The Morgan fingerprint density at radius 2 is 1.76 bits per heavy atom. The third-order valence-electron chi connectivity index (χ3n) is 5.00. The predicted octanol–water partition coefficient (Wildman–Crippen LogP) is 2.70. The summed E-state index contributed by atoms with van der Waals surface area (Å²) in [6.45, 7) is 5.10. The van der Waals surface area contributed by atoms with Crippen molar-refractivity contribution in [3.05, 3.63) is 91.6 Å². The molecule has 4 rings (SSSR count). The summed E-state index contributed by atoms with van der Waals surface area (Å²) >= 11 is 0. The molecule has 0 spiro atoms. The van der Waals surface area contributed by atoms with Crippen LogP contribution >= 0.6 is 0 Å². The Bertz CT molecular complexity index is 1300. The molecular formula is C22H23N5O2. The molecule has 0 bridgehead atoms. The van der Waals surface area contributed by atoms with Crippen molar-refractivity contribution >= 4 is 17.1 Å². The van der Waals surface area contributed by atoms with Gasteiger partial charge in [-0.25, -0.2) is 4.79 Å². The lowest BCUT2D eigenvalue weighted by atomic mass is 10.1. The second kappa shape index (κ2) is 7.43. The molecule has 0 radical (unpaired) electrons. The minimum absolute atomic E-state index is 0.359. The van der Waals surface area contributed by atoms with E-state index in [0.717, 1.165) is 16.7 Å². The van der Waals surface area contributed by atoms with Crippen molar-refractivity contribution in [1.29, 1.82) is 0 Å². The molecule has 2 N–H and O–H groups in total. The van der Waals surface area contributed by atoms with Gasteiger partial charge in [-0.1, -0.05) is 59.7 Å². The Kier molecular flexibility index (Phi) is 4.80. The molecule has 7 heteroatoms. The Morgan fingerprint density at radius 1 is 1.00 bits per heavy atom. The summed E-state index contributed by atoms with van der Waals surface area (Å²) in [6, 6.07) is 16.3. The molecule has 0 aliphatic rings. The molecular weight excluding hydrogens is 366 g/mol. The summed E-state index contributed by atoms with van der Waals surface area (Å²) in [5.74, 6) is 0.550. The molecule has 148 valence electrons. The molecule has 0 amide bonds. The van der Waals surface area contributed by atoms with Gasteiger partial charge in [-0.3, -0.25) is 18.9 Å². The van der Waals surface area contributed by atoms with E-state index in [-0.39, 0.29) is 0 Å². The topological polar surface area (TPSA) is 84.7 Å². The van der Waals surface area contributed by atoms with Crippen molar-refractivity contribution in [3.63, 3.8) is 0 Å². The van der Waals surface area contributed by atoms with Crippen molar-refractivity contribution in [2.45, 2.75) is 26.9 Å². The van der Waals surface area contributed by atoms with Gasteiger partial charge < -0.3 is 5.32 Å². The van der Waals surface area contributed by atoms with Crippen LogP contribution in [0.2, 0.25) is 0 Å². The van der Waals surface area contributed by atoms with E-state index < -0.39 is 11.2 Å². The molecule has 0 aliphatic carbocycles. The zero-order chi connectivity index (χ0) is 20.5. The van der Waals surface area contributed by atoms with Crippen LogP contribution in [0.1, 0.15) is 22.3 Å². The number of aromatic amines is 1. The molecule has 2 aromatic carbocycles. The van der Waals surface area contributed by atoms with E-state index in [1.54, 1.807) is 7.05 Å². The van der Waals surface area contributed by atoms with E-state index in [4.69, 9.17) is 0 Å². The predicted molar refractivity (Wildman–Crippen MR) is 114 cm³/mol. The van der Waals surface area contributed by atoms with Crippen molar-refractivity contribution in [2.24, 2.45) is 7.05 Å². The zero-order valence-corrected chi connectivity index (χ0v) is 16.7. The van der Waals surface area contributed by atoms with E-state index in [1.807, 2.05) is 36.6 Å². The molecule has 0 unspecified atom stereocenters. The van der Waals surface area contributed by atoms with E-state index in [0.29, 0.717) is 30.2 Å². The zero-order valence-electron chi connectivity index (χ0n) is 16.7. The fourth-order valence-electron chi connectivity index (χ4n) is 3.40. The summed E-state index contributed by atoms with van der Waals surface area (Å²) < 4.78 is 3.19. The second-order valence-corrected chi connectivity index (χ2v) is 7.34. The van der Waals surface area contributed by atoms with Gasteiger partial charge in [0.25, 0.3) is 5.56 Å². The normalized spacial score (nSPS) is 11.1. The highest BCUT2D eigenvalue weighted by Gasteiger charge is 2.17. The van der Waals surface area contributed by atoms with Gasteiger partial charge in [0.1, 0.15) is 0 Å². The molecule has 0 saturated heterocycles. The van der Waals surface area contributed by atoms with E-state index >= 15 is 0 Å². The van der Waals surface area contributed by atoms with Crippen LogP contribution in [0, 0.1) is 13.8 Å². The Balaban J connectivity index is 1.80. The first kappa shape index (κ1) is 18.7. The fraction of sp³-hybridized carbons (Fsp3) is 0.227. The molecule has 7 nitrogen and oxygen atoms in total. The van der Waals surface area contributed by atoms with Crippen molar-refractivity contribution < 1.29 is 0 Å². The average Bonchev–Trinajstić information content (AvgIpc) is 3.05. The van der Waals surface area contributed by atoms with Crippen LogP contribution in [0.3, 0.4) is 0 Å². The largest absolute Gasteiger partial charge is 0.351 e. The summed E-state index contributed by atoms with van der Waals surface area (Å²) in [5.41, 5.74) is 4.31. The molecule has 0 atom stereocenters. The van der Waals surface area contributed by atoms with E-state index in [9.17, 15) is 9.59 Å². The minimum Gasteiger partial charge on any atom is -0.351 e. The van der Waals surface area contributed by atoms with Crippen LogP contribution in [-0.4, -0.2) is 19.1 Å². The van der Waals surface area contributed by atoms with Crippen molar-refractivity contribution in [3.8, 4) is 0 Å². The van der Waals surface area contributed by atoms with Crippen LogP contribution in [-0.2, 0) is 20.1 Å². The molecule has 2 heterocycles. The van der Waals surface area contributed by atoms with Crippen LogP contribution in [0.5, 0.6) is 0 Å². The number of imidazole rings is 1. The summed E-state index contributed by atoms with van der Waals surface area (Å²) in [7, 11) is 1.61. The number of fused-ring (bicyclic) bond motifs is 1. The first-order valence-corrected chi connectivity index (χ1v) is 9.47. The monoisotopic (exact) mass is 389 g/mol. The number of rotatable bonds is 5. The number of nitrogens with zero attached hydrogens (tertiary/aromatic N) is 3. The van der Waals surface area contributed by atoms with Crippen molar-refractivity contribution in [1.82, 2.24) is 19.1 Å². The molecule has 0 saturated carbocycles. The molecule has 4 aromatic rings. The average molecular weight is 389 g/mol. The maximum atomic E-state index is 12.6. The van der Waals surface area contributed by atoms with Crippen LogP contribution in [0.25, 0.3) is 11.2 Å². The Morgan fingerprint density at radius 3 is 2.48 bits per heavy atom. The number of hydrogen-bond acceptors (Lipinski definition) is 4. The molecule has 29 heavy (non-hydrogen) atoms. The summed E-state index contributed by atoms with van der Waals surface area (Å²) in [5, 5.41) is 3.33. The highest BCUT2D eigenvalue weighted by atomic mass is 16.2. The van der Waals surface area contributed by atoms with E-state index in [2.05, 4.69) is 45.6 Å². The highest BCUT2D eigenvalue weighted by molar-refractivity contribution is 5.74. The summed E-state index contributed by atoms with van der Waals surface area (Å²) in [4.78, 5) is 31.6. The third-order valence-corrected chi connectivity index (χ3v) is 5.00. The number of nitrogens with one attached hydrogen (secondary N) is 2. The first-order valence-electron chi connectivity index (χ1n) is 9.47. The van der Waals surface area contributed by atoms with Gasteiger partial charge in [0.15, 0.2) is 11.2 Å². The van der Waals surface area contributed by atoms with Crippen LogP contribution < -0.4 is 16.6 Å². The Hall–Kier alpha value is -3.61. The number of aromatic nitrogens is 4. The van der Waals surface area contributed by atoms with Gasteiger partial charge >= 0.3 is 5.69 Å². The van der Waals surface area contributed by atoms with E-state index in [1.165, 1.54) is 10.1 Å².